The van der Waals surface area contributed by atoms with Crippen LogP contribution in [0.3, 0.4) is 0 Å². The number of nitrogens with one attached hydrogen (secondary N) is 1. The van der Waals surface area contributed by atoms with E-state index in [-0.39, 0.29) is 0 Å². The number of nitrogens with zero attached hydrogens (tertiary/aromatic N) is 1. The number of hydrogen-bond donors (Lipinski definition) is 1. The molecule has 1 heterocycles. The van der Waals surface area contributed by atoms with Gasteiger partial charge in [0.05, 0.1) is 6.54 Å². The third-order valence-corrected chi connectivity index (χ3v) is 4.15. The van der Waals surface area contributed by atoms with Gasteiger partial charge in [-0.05, 0) is 19.4 Å². The summed E-state index contributed by atoms with van der Waals surface area (Å²) in [6.07, 6.45) is 2.15. The highest BCUT2D eigenvalue weighted by Crippen LogP contribution is 2.27. The molecule has 0 aliphatic carbocycles. The highest BCUT2D eigenvalue weighted by molar-refractivity contribution is 7.98. The van der Waals surface area contributed by atoms with Crippen LogP contribution in [-0.4, -0.2) is 36.5 Å². The van der Waals surface area contributed by atoms with E-state index in [1.54, 1.807) is 0 Å². The second-order valence-electron chi connectivity index (χ2n) is 5.77. The summed E-state index contributed by atoms with van der Waals surface area (Å²) in [5, 5.41) is 4.71. The lowest BCUT2D eigenvalue weighted by atomic mass is 10.1. The second kappa shape index (κ2) is 7.87. The molecular weight excluding hydrogens is 280 g/mol. The number of benzene rings is 1. The summed E-state index contributed by atoms with van der Waals surface area (Å²) in [5.41, 5.74) is 2.31. The summed E-state index contributed by atoms with van der Waals surface area (Å²) in [7, 11) is 2.18. The number of thioether (sulfide) groups is 1. The standard InChI is InChI=1S/C17H26N2OS/c1-13(2)18-11-17-15(12-19(3)9-10-21-4)14-7-5-6-8-16(14)20-17/h5-8,13,18H,9-12H2,1-4H3. The summed E-state index contributed by atoms with van der Waals surface area (Å²) in [4.78, 5) is 2.37. The zero-order chi connectivity index (χ0) is 15.2. The van der Waals surface area contributed by atoms with Crippen LogP contribution >= 0.6 is 11.8 Å². The van der Waals surface area contributed by atoms with Crippen LogP contribution in [0.4, 0.5) is 0 Å². The molecule has 1 aromatic heterocycles. The lowest BCUT2D eigenvalue weighted by Crippen LogP contribution is -2.24. The van der Waals surface area contributed by atoms with Crippen molar-refractivity contribution in [1.82, 2.24) is 10.2 Å². The van der Waals surface area contributed by atoms with E-state index in [9.17, 15) is 0 Å². The first kappa shape index (κ1) is 16.4. The number of furan rings is 1. The van der Waals surface area contributed by atoms with Gasteiger partial charge < -0.3 is 14.6 Å². The molecule has 1 aromatic carbocycles. The van der Waals surface area contributed by atoms with Crippen molar-refractivity contribution in [3.8, 4) is 0 Å². The zero-order valence-electron chi connectivity index (χ0n) is 13.5. The molecule has 1 N–H and O–H groups in total. The first-order valence-electron chi connectivity index (χ1n) is 7.52. The number of hydrogen-bond acceptors (Lipinski definition) is 4. The van der Waals surface area contributed by atoms with E-state index in [2.05, 4.69) is 55.6 Å². The number of para-hydroxylation sites is 1. The Balaban J connectivity index is 2.22. The van der Waals surface area contributed by atoms with Gasteiger partial charge in [-0.15, -0.1) is 0 Å². The van der Waals surface area contributed by atoms with Crippen LogP contribution in [0, 0.1) is 0 Å². The van der Waals surface area contributed by atoms with Crippen LogP contribution in [0.2, 0.25) is 0 Å². The minimum atomic E-state index is 0.459. The summed E-state index contributed by atoms with van der Waals surface area (Å²) >= 11 is 1.89. The molecule has 0 aliphatic heterocycles. The van der Waals surface area contributed by atoms with E-state index < -0.39 is 0 Å². The van der Waals surface area contributed by atoms with Crippen LogP contribution in [-0.2, 0) is 13.1 Å². The molecular formula is C17H26N2OS. The fourth-order valence-electron chi connectivity index (χ4n) is 2.36. The molecule has 0 saturated carbocycles. The van der Waals surface area contributed by atoms with E-state index in [1.165, 1.54) is 10.9 Å². The van der Waals surface area contributed by atoms with Gasteiger partial charge in [-0.25, -0.2) is 0 Å². The highest BCUT2D eigenvalue weighted by atomic mass is 32.2. The van der Waals surface area contributed by atoms with Crippen molar-refractivity contribution >= 4 is 22.7 Å². The normalized spacial score (nSPS) is 11.9. The van der Waals surface area contributed by atoms with Crippen LogP contribution in [0.25, 0.3) is 11.0 Å². The molecule has 0 bridgehead atoms. The van der Waals surface area contributed by atoms with Crippen LogP contribution in [0.1, 0.15) is 25.2 Å². The van der Waals surface area contributed by atoms with Crippen molar-refractivity contribution in [2.45, 2.75) is 33.0 Å². The molecule has 0 aliphatic rings. The van der Waals surface area contributed by atoms with E-state index >= 15 is 0 Å². The van der Waals surface area contributed by atoms with Crippen LogP contribution in [0.5, 0.6) is 0 Å². The molecule has 0 unspecified atom stereocenters. The molecule has 0 radical (unpaired) electrons. The third-order valence-electron chi connectivity index (χ3n) is 3.56. The van der Waals surface area contributed by atoms with Crippen LogP contribution in [0.15, 0.2) is 28.7 Å². The predicted octanol–water partition coefficient (Wildman–Crippen LogP) is 3.73. The van der Waals surface area contributed by atoms with Gasteiger partial charge in [0.25, 0.3) is 0 Å². The summed E-state index contributed by atoms with van der Waals surface area (Å²) in [6.45, 7) is 7.14. The topological polar surface area (TPSA) is 28.4 Å². The molecule has 2 aromatic rings. The Bertz CT molecular complexity index is 565. The smallest absolute Gasteiger partial charge is 0.134 e. The Labute approximate surface area is 132 Å². The quantitative estimate of drug-likeness (QED) is 0.804. The van der Waals surface area contributed by atoms with Gasteiger partial charge in [0.1, 0.15) is 11.3 Å². The highest BCUT2D eigenvalue weighted by Gasteiger charge is 2.15. The van der Waals surface area contributed by atoms with Crippen molar-refractivity contribution in [1.29, 1.82) is 0 Å². The molecule has 3 nitrogen and oxygen atoms in total. The summed E-state index contributed by atoms with van der Waals surface area (Å²) in [6, 6.07) is 8.80. The zero-order valence-corrected chi connectivity index (χ0v) is 14.3. The molecule has 116 valence electrons. The lowest BCUT2D eigenvalue weighted by molar-refractivity contribution is 0.344. The van der Waals surface area contributed by atoms with Crippen LogP contribution < -0.4 is 5.32 Å². The van der Waals surface area contributed by atoms with E-state index in [4.69, 9.17) is 4.42 Å². The SMILES string of the molecule is CSCCN(C)Cc1c(CNC(C)C)oc2ccccc12. The maximum Gasteiger partial charge on any atom is 0.134 e. The minimum Gasteiger partial charge on any atom is -0.459 e. The maximum absolute atomic E-state index is 6.06. The lowest BCUT2D eigenvalue weighted by Gasteiger charge is -2.16. The Morgan fingerprint density at radius 1 is 1.29 bits per heavy atom. The molecule has 0 atom stereocenters. The Morgan fingerprint density at radius 2 is 2.05 bits per heavy atom. The average Bonchev–Trinajstić information content (AvgIpc) is 2.81. The average molecular weight is 306 g/mol. The largest absolute Gasteiger partial charge is 0.459 e. The maximum atomic E-state index is 6.06. The van der Waals surface area contributed by atoms with E-state index in [0.717, 1.165) is 36.7 Å². The van der Waals surface area contributed by atoms with Gasteiger partial charge in [-0.1, -0.05) is 32.0 Å². The van der Waals surface area contributed by atoms with Crippen molar-refractivity contribution in [3.63, 3.8) is 0 Å². The Kier molecular flexibility index (Phi) is 6.15. The van der Waals surface area contributed by atoms with Gasteiger partial charge in [-0.3, -0.25) is 0 Å². The molecule has 0 amide bonds. The second-order valence-corrected chi connectivity index (χ2v) is 6.75. The molecule has 4 heteroatoms. The molecule has 2 rings (SSSR count). The van der Waals surface area contributed by atoms with Gasteiger partial charge in [0.15, 0.2) is 0 Å². The molecule has 0 fully saturated rings. The van der Waals surface area contributed by atoms with Crippen molar-refractivity contribution in [3.05, 3.63) is 35.6 Å². The first-order valence-corrected chi connectivity index (χ1v) is 8.91. The van der Waals surface area contributed by atoms with Gasteiger partial charge in [-0.2, -0.15) is 11.8 Å². The van der Waals surface area contributed by atoms with E-state index in [0.29, 0.717) is 6.04 Å². The summed E-state index contributed by atoms with van der Waals surface area (Å²) in [5.74, 6) is 2.23. The Hall–Kier alpha value is -0.970. The minimum absolute atomic E-state index is 0.459. The van der Waals surface area contributed by atoms with Crippen molar-refractivity contribution in [2.75, 3.05) is 25.6 Å². The number of fused-ring (bicyclic) bond motifs is 1. The fraction of sp³-hybridized carbons (Fsp3) is 0.529. The fourth-order valence-corrected chi connectivity index (χ4v) is 2.85. The monoisotopic (exact) mass is 306 g/mol. The predicted molar refractivity (Wildman–Crippen MR) is 92.9 cm³/mol. The van der Waals surface area contributed by atoms with Crippen molar-refractivity contribution in [2.24, 2.45) is 0 Å². The summed E-state index contributed by atoms with van der Waals surface area (Å²) < 4.78 is 6.06. The first-order chi connectivity index (χ1) is 10.1. The molecule has 0 spiro atoms. The Morgan fingerprint density at radius 3 is 2.76 bits per heavy atom. The van der Waals surface area contributed by atoms with Gasteiger partial charge in [0.2, 0.25) is 0 Å². The molecule has 0 saturated heterocycles. The van der Waals surface area contributed by atoms with Crippen molar-refractivity contribution < 1.29 is 4.42 Å². The van der Waals surface area contributed by atoms with E-state index in [1.807, 2.05) is 17.8 Å². The van der Waals surface area contributed by atoms with Gasteiger partial charge >= 0.3 is 0 Å². The number of rotatable bonds is 8. The molecule has 21 heavy (non-hydrogen) atoms. The van der Waals surface area contributed by atoms with Gasteiger partial charge in [0, 0.05) is 35.8 Å². The third kappa shape index (κ3) is 4.50.